The third-order valence-corrected chi connectivity index (χ3v) is 6.58. The van der Waals surface area contributed by atoms with E-state index in [0.717, 1.165) is 36.8 Å². The highest BCUT2D eigenvalue weighted by molar-refractivity contribution is 5.86. The second kappa shape index (κ2) is 6.96. The predicted octanol–water partition coefficient (Wildman–Crippen LogP) is 4.00. The fraction of sp³-hybridized carbons (Fsp3) is 0.542. The fourth-order valence-electron chi connectivity index (χ4n) is 5.81. The summed E-state index contributed by atoms with van der Waals surface area (Å²) in [5.74, 6) is -0.127. The Morgan fingerprint density at radius 1 is 1.23 bits per heavy atom. The van der Waals surface area contributed by atoms with Gasteiger partial charge in [0.05, 0.1) is 12.0 Å². The van der Waals surface area contributed by atoms with Crippen molar-refractivity contribution in [1.29, 1.82) is 0 Å². The molecule has 2 aromatic rings. The molecule has 1 amide bonds. The molecule has 4 rings (SSSR count). The molecule has 1 aliphatic heterocycles. The van der Waals surface area contributed by atoms with Gasteiger partial charge in [-0.05, 0) is 54.7 Å². The van der Waals surface area contributed by atoms with Crippen LogP contribution in [0.5, 0.6) is 5.75 Å². The van der Waals surface area contributed by atoms with Crippen molar-refractivity contribution in [1.82, 2.24) is 4.90 Å². The fourth-order valence-corrected chi connectivity index (χ4v) is 5.81. The Morgan fingerprint density at radius 3 is 2.67 bits per heavy atom. The normalized spacial score (nSPS) is 24.8. The summed E-state index contributed by atoms with van der Waals surface area (Å²) in [6.07, 6.45) is 3.19. The lowest BCUT2D eigenvalue weighted by molar-refractivity contribution is -0.132. The minimum absolute atomic E-state index is 0.00675. The van der Waals surface area contributed by atoms with Gasteiger partial charge in [-0.25, -0.2) is 4.79 Å². The van der Waals surface area contributed by atoms with E-state index in [1.165, 1.54) is 13.0 Å². The van der Waals surface area contributed by atoms with Crippen LogP contribution in [0, 0.1) is 17.8 Å². The van der Waals surface area contributed by atoms with Crippen molar-refractivity contribution in [3.05, 3.63) is 39.7 Å². The summed E-state index contributed by atoms with van der Waals surface area (Å²) in [7, 11) is 0. The SMILES string of the molecule is CC(=O)Oc1ccc2c(C)c(CC(=O)N3C[C@@]4(C)C[C@H]3CC(C)(C)C4)c(=O)oc2c1. The minimum atomic E-state index is -0.512. The molecule has 2 aliphatic rings. The van der Waals surface area contributed by atoms with Crippen LogP contribution in [-0.2, 0) is 16.0 Å². The van der Waals surface area contributed by atoms with Crippen LogP contribution in [0.25, 0.3) is 11.0 Å². The van der Waals surface area contributed by atoms with Gasteiger partial charge >= 0.3 is 11.6 Å². The van der Waals surface area contributed by atoms with Crippen LogP contribution in [0.15, 0.2) is 27.4 Å². The minimum Gasteiger partial charge on any atom is -0.427 e. The van der Waals surface area contributed by atoms with E-state index in [1.54, 1.807) is 12.1 Å². The van der Waals surface area contributed by atoms with Gasteiger partial charge in [0.1, 0.15) is 11.3 Å². The number of carbonyl (C=O) groups is 2. The Hall–Kier alpha value is -2.63. The molecule has 1 saturated heterocycles. The molecule has 0 unspecified atom stereocenters. The summed E-state index contributed by atoms with van der Waals surface area (Å²) >= 11 is 0. The van der Waals surface area contributed by atoms with Gasteiger partial charge in [0, 0.05) is 31.0 Å². The Bertz CT molecular complexity index is 1100. The zero-order valence-electron chi connectivity index (χ0n) is 18.3. The monoisotopic (exact) mass is 411 g/mol. The molecule has 2 atom stereocenters. The number of rotatable bonds is 3. The molecule has 0 radical (unpaired) electrons. The number of hydrogen-bond donors (Lipinski definition) is 0. The highest BCUT2D eigenvalue weighted by atomic mass is 16.5. The Labute approximate surface area is 176 Å². The van der Waals surface area contributed by atoms with Gasteiger partial charge in [-0.3, -0.25) is 9.59 Å². The summed E-state index contributed by atoms with van der Waals surface area (Å²) < 4.78 is 10.6. The Morgan fingerprint density at radius 2 is 1.97 bits per heavy atom. The molecule has 0 N–H and O–H groups in total. The molecular weight excluding hydrogens is 382 g/mol. The number of esters is 1. The Balaban J connectivity index is 1.62. The van der Waals surface area contributed by atoms with Crippen molar-refractivity contribution >= 4 is 22.8 Å². The number of aryl methyl sites for hydroxylation is 1. The van der Waals surface area contributed by atoms with Gasteiger partial charge in [-0.15, -0.1) is 0 Å². The molecule has 6 heteroatoms. The maximum atomic E-state index is 13.2. The molecule has 2 fully saturated rings. The van der Waals surface area contributed by atoms with Gasteiger partial charge < -0.3 is 14.1 Å². The molecule has 1 aromatic heterocycles. The number of likely N-dealkylation sites (tertiary alicyclic amines) is 1. The van der Waals surface area contributed by atoms with E-state index in [4.69, 9.17) is 9.15 Å². The van der Waals surface area contributed by atoms with Gasteiger partial charge in [-0.1, -0.05) is 20.8 Å². The quantitative estimate of drug-likeness (QED) is 0.433. The molecule has 2 bridgehead atoms. The van der Waals surface area contributed by atoms with Crippen LogP contribution in [0.4, 0.5) is 0 Å². The lowest BCUT2D eigenvalue weighted by atomic mass is 9.65. The maximum Gasteiger partial charge on any atom is 0.340 e. The van der Waals surface area contributed by atoms with Gasteiger partial charge in [0.15, 0.2) is 0 Å². The summed E-state index contributed by atoms with van der Waals surface area (Å²) in [6, 6.07) is 5.19. The third kappa shape index (κ3) is 3.75. The second-order valence-corrected chi connectivity index (χ2v) is 10.2. The number of ether oxygens (including phenoxy) is 1. The molecule has 6 nitrogen and oxygen atoms in total. The van der Waals surface area contributed by atoms with E-state index in [-0.39, 0.29) is 29.2 Å². The molecule has 30 heavy (non-hydrogen) atoms. The van der Waals surface area contributed by atoms with Gasteiger partial charge in [0.25, 0.3) is 0 Å². The van der Waals surface area contributed by atoms with E-state index in [2.05, 4.69) is 20.8 Å². The summed E-state index contributed by atoms with van der Waals surface area (Å²) in [5.41, 5.74) is 1.35. The average Bonchev–Trinajstić information content (AvgIpc) is 2.86. The van der Waals surface area contributed by atoms with E-state index in [0.29, 0.717) is 16.9 Å². The lowest BCUT2D eigenvalue weighted by Gasteiger charge is -2.39. The highest BCUT2D eigenvalue weighted by Crippen LogP contribution is 2.52. The number of carbonyl (C=O) groups excluding carboxylic acids is 2. The lowest BCUT2D eigenvalue weighted by Crippen LogP contribution is -2.39. The van der Waals surface area contributed by atoms with E-state index in [1.807, 2.05) is 11.8 Å². The second-order valence-electron chi connectivity index (χ2n) is 10.2. The molecule has 0 spiro atoms. The maximum absolute atomic E-state index is 13.2. The number of hydrogen-bond acceptors (Lipinski definition) is 5. The van der Waals surface area contributed by atoms with Crippen LogP contribution >= 0.6 is 0 Å². The average molecular weight is 411 g/mol. The van der Waals surface area contributed by atoms with Crippen LogP contribution in [0.1, 0.15) is 58.1 Å². The first-order valence-electron chi connectivity index (χ1n) is 10.5. The van der Waals surface area contributed by atoms with Crippen molar-refractivity contribution in [2.45, 2.75) is 66.3 Å². The number of nitrogens with zero attached hydrogens (tertiary/aromatic N) is 1. The smallest absolute Gasteiger partial charge is 0.340 e. The first kappa shape index (κ1) is 20.6. The Kier molecular flexibility index (Phi) is 4.79. The summed E-state index contributed by atoms with van der Waals surface area (Å²) in [4.78, 5) is 39.1. The van der Waals surface area contributed by atoms with Gasteiger partial charge in [0.2, 0.25) is 5.91 Å². The van der Waals surface area contributed by atoms with Crippen molar-refractivity contribution in [2.75, 3.05) is 6.54 Å². The van der Waals surface area contributed by atoms with E-state index >= 15 is 0 Å². The van der Waals surface area contributed by atoms with Crippen molar-refractivity contribution in [3.63, 3.8) is 0 Å². The topological polar surface area (TPSA) is 76.8 Å². The van der Waals surface area contributed by atoms with Crippen LogP contribution in [-0.4, -0.2) is 29.4 Å². The highest BCUT2D eigenvalue weighted by Gasteiger charge is 2.50. The molecule has 1 aliphatic carbocycles. The third-order valence-electron chi connectivity index (χ3n) is 6.58. The molecule has 160 valence electrons. The zero-order valence-corrected chi connectivity index (χ0v) is 18.3. The van der Waals surface area contributed by atoms with Crippen LogP contribution in [0.3, 0.4) is 0 Å². The largest absolute Gasteiger partial charge is 0.427 e. The number of benzene rings is 1. The van der Waals surface area contributed by atoms with Crippen molar-refractivity contribution in [3.8, 4) is 5.75 Å². The number of amides is 1. The van der Waals surface area contributed by atoms with E-state index < -0.39 is 11.6 Å². The van der Waals surface area contributed by atoms with Crippen molar-refractivity contribution in [2.24, 2.45) is 10.8 Å². The molecule has 1 aromatic carbocycles. The molecule has 2 heterocycles. The first-order valence-corrected chi connectivity index (χ1v) is 10.5. The zero-order chi connectivity index (χ0) is 21.8. The van der Waals surface area contributed by atoms with Gasteiger partial charge in [-0.2, -0.15) is 0 Å². The van der Waals surface area contributed by atoms with E-state index in [9.17, 15) is 14.4 Å². The predicted molar refractivity (Wildman–Crippen MR) is 113 cm³/mol. The summed E-state index contributed by atoms with van der Waals surface area (Å²) in [5, 5.41) is 0.738. The van der Waals surface area contributed by atoms with Crippen LogP contribution in [0.2, 0.25) is 0 Å². The number of fused-ring (bicyclic) bond motifs is 3. The molecular formula is C24H29NO5. The van der Waals surface area contributed by atoms with Crippen molar-refractivity contribution < 1.29 is 18.7 Å². The standard InChI is InChI=1S/C24H29NO5/c1-14-18-7-6-17(29-15(2)26)8-20(18)30-22(28)19(14)9-21(27)25-13-24(5)11-16(25)10-23(3,4)12-24/h6-8,16H,9-13H2,1-5H3/t16-,24+/m1/s1. The van der Waals surface area contributed by atoms with Crippen LogP contribution < -0.4 is 10.4 Å². The summed E-state index contributed by atoms with van der Waals surface area (Å²) in [6.45, 7) is 10.7. The first-order chi connectivity index (χ1) is 14.0. The molecule has 1 saturated carbocycles.